The molecule has 0 amide bonds. The van der Waals surface area contributed by atoms with Gasteiger partial charge >= 0.3 is 6.18 Å². The van der Waals surface area contributed by atoms with E-state index >= 15 is 0 Å². The maximum absolute atomic E-state index is 12.4. The number of alkyl halides is 3. The minimum atomic E-state index is -4.28. The molecule has 1 aromatic rings. The van der Waals surface area contributed by atoms with E-state index in [0.29, 0.717) is 18.7 Å². The topological polar surface area (TPSA) is 12.0 Å². The van der Waals surface area contributed by atoms with E-state index < -0.39 is 11.7 Å². The fraction of sp³-hybridized carbons (Fsp3) is 0.333. The van der Waals surface area contributed by atoms with Gasteiger partial charge in [-0.25, -0.2) is 0 Å². The molecule has 0 aliphatic rings. The van der Waals surface area contributed by atoms with Crippen molar-refractivity contribution in [2.75, 3.05) is 6.54 Å². The van der Waals surface area contributed by atoms with Gasteiger partial charge in [0.05, 0.1) is 12.1 Å². The van der Waals surface area contributed by atoms with Crippen LogP contribution in [0, 0.1) is 11.8 Å². The lowest BCUT2D eigenvalue weighted by Gasteiger charge is -2.08. The molecule has 0 radical (unpaired) electrons. The van der Waals surface area contributed by atoms with Gasteiger partial charge in [0.2, 0.25) is 0 Å². The SMILES string of the molecule is CC#CCNCc1cccc(C(F)(F)F)c1. The molecule has 0 aliphatic heterocycles. The van der Waals surface area contributed by atoms with Crippen LogP contribution in [0.15, 0.2) is 24.3 Å². The molecule has 1 aromatic carbocycles. The van der Waals surface area contributed by atoms with E-state index in [1.807, 2.05) is 0 Å². The van der Waals surface area contributed by atoms with E-state index in [2.05, 4.69) is 17.2 Å². The summed E-state index contributed by atoms with van der Waals surface area (Å²) in [6, 6.07) is 5.27. The summed E-state index contributed by atoms with van der Waals surface area (Å²) in [7, 11) is 0. The molecule has 4 heteroatoms. The smallest absolute Gasteiger partial charge is 0.302 e. The van der Waals surface area contributed by atoms with Crippen molar-refractivity contribution in [3.63, 3.8) is 0 Å². The Kier molecular flexibility index (Phi) is 4.39. The Hall–Kier alpha value is -1.47. The van der Waals surface area contributed by atoms with Gasteiger partial charge in [-0.15, -0.1) is 5.92 Å². The highest BCUT2D eigenvalue weighted by Crippen LogP contribution is 2.29. The summed E-state index contributed by atoms with van der Waals surface area (Å²) >= 11 is 0. The van der Waals surface area contributed by atoms with Crippen LogP contribution in [0.4, 0.5) is 13.2 Å². The first-order chi connectivity index (χ1) is 7.54. The first-order valence-corrected chi connectivity index (χ1v) is 4.80. The second-order valence-electron chi connectivity index (χ2n) is 3.23. The van der Waals surface area contributed by atoms with Gasteiger partial charge in [-0.2, -0.15) is 13.2 Å². The Morgan fingerprint density at radius 2 is 2.06 bits per heavy atom. The molecule has 0 aromatic heterocycles. The fourth-order valence-electron chi connectivity index (χ4n) is 1.22. The van der Waals surface area contributed by atoms with E-state index in [-0.39, 0.29) is 0 Å². The molecule has 0 bridgehead atoms. The van der Waals surface area contributed by atoms with Gasteiger partial charge in [-0.1, -0.05) is 24.1 Å². The van der Waals surface area contributed by atoms with Crippen molar-refractivity contribution in [3.05, 3.63) is 35.4 Å². The second-order valence-corrected chi connectivity index (χ2v) is 3.23. The molecule has 0 spiro atoms. The molecule has 86 valence electrons. The molecular weight excluding hydrogens is 215 g/mol. The number of benzene rings is 1. The number of hydrogen-bond acceptors (Lipinski definition) is 1. The summed E-state index contributed by atoms with van der Waals surface area (Å²) in [6.07, 6.45) is -4.28. The van der Waals surface area contributed by atoms with Crippen LogP contribution in [0.2, 0.25) is 0 Å². The molecule has 0 unspecified atom stereocenters. The van der Waals surface area contributed by atoms with Crippen LogP contribution in [0.5, 0.6) is 0 Å². The molecule has 0 aliphatic carbocycles. The highest BCUT2D eigenvalue weighted by molar-refractivity contribution is 5.25. The third-order valence-electron chi connectivity index (χ3n) is 1.97. The largest absolute Gasteiger partial charge is 0.416 e. The molecule has 1 rings (SSSR count). The van der Waals surface area contributed by atoms with Crippen LogP contribution < -0.4 is 5.32 Å². The van der Waals surface area contributed by atoms with Gasteiger partial charge in [0.15, 0.2) is 0 Å². The lowest BCUT2D eigenvalue weighted by molar-refractivity contribution is -0.137. The predicted molar refractivity (Wildman–Crippen MR) is 56.6 cm³/mol. The number of halogens is 3. The Morgan fingerprint density at radius 1 is 1.31 bits per heavy atom. The predicted octanol–water partition coefficient (Wildman–Crippen LogP) is 2.82. The van der Waals surface area contributed by atoms with Gasteiger partial charge in [0, 0.05) is 6.54 Å². The van der Waals surface area contributed by atoms with E-state index in [4.69, 9.17) is 0 Å². The Morgan fingerprint density at radius 3 is 2.69 bits per heavy atom. The molecule has 0 atom stereocenters. The minimum Gasteiger partial charge on any atom is -0.302 e. The molecule has 0 saturated carbocycles. The quantitative estimate of drug-likeness (QED) is 0.618. The Balaban J connectivity index is 2.63. The van der Waals surface area contributed by atoms with E-state index in [9.17, 15) is 13.2 Å². The lowest BCUT2D eigenvalue weighted by atomic mass is 10.1. The molecule has 1 N–H and O–H groups in total. The third kappa shape index (κ3) is 3.95. The summed E-state index contributed by atoms with van der Waals surface area (Å²) in [5, 5.41) is 2.94. The summed E-state index contributed by atoms with van der Waals surface area (Å²) < 4.78 is 37.1. The van der Waals surface area contributed by atoms with Crippen molar-refractivity contribution in [1.29, 1.82) is 0 Å². The summed E-state index contributed by atoms with van der Waals surface area (Å²) in [5.74, 6) is 5.48. The second kappa shape index (κ2) is 5.57. The maximum atomic E-state index is 12.4. The van der Waals surface area contributed by atoms with Crippen LogP contribution in [-0.2, 0) is 12.7 Å². The zero-order chi connectivity index (χ0) is 12.0. The van der Waals surface area contributed by atoms with Crippen LogP contribution in [0.1, 0.15) is 18.1 Å². The Labute approximate surface area is 92.7 Å². The number of nitrogens with one attached hydrogen (secondary N) is 1. The third-order valence-corrected chi connectivity index (χ3v) is 1.97. The van der Waals surface area contributed by atoms with Crippen molar-refractivity contribution in [2.24, 2.45) is 0 Å². The molecular formula is C12H12F3N. The van der Waals surface area contributed by atoms with Gasteiger partial charge < -0.3 is 5.32 Å². The molecule has 1 nitrogen and oxygen atoms in total. The van der Waals surface area contributed by atoms with E-state index in [1.165, 1.54) is 6.07 Å². The van der Waals surface area contributed by atoms with Crippen LogP contribution in [0.3, 0.4) is 0 Å². The first kappa shape index (κ1) is 12.6. The number of hydrogen-bond donors (Lipinski definition) is 1. The molecule has 0 fully saturated rings. The summed E-state index contributed by atoms with van der Waals surface area (Å²) in [6.45, 7) is 2.58. The summed E-state index contributed by atoms with van der Waals surface area (Å²) in [5.41, 5.74) is -0.0129. The standard InChI is InChI=1S/C12H12F3N/c1-2-3-7-16-9-10-5-4-6-11(8-10)12(13,14)15/h4-6,8,16H,7,9H2,1H3. The molecule has 0 heterocycles. The average Bonchev–Trinajstić information content (AvgIpc) is 2.24. The van der Waals surface area contributed by atoms with Gasteiger partial charge in [0.1, 0.15) is 0 Å². The minimum absolute atomic E-state index is 0.387. The van der Waals surface area contributed by atoms with Gasteiger partial charge in [-0.05, 0) is 18.6 Å². The van der Waals surface area contributed by atoms with Crippen LogP contribution >= 0.6 is 0 Å². The van der Waals surface area contributed by atoms with Crippen LogP contribution in [-0.4, -0.2) is 6.54 Å². The monoisotopic (exact) mass is 227 g/mol. The molecule has 16 heavy (non-hydrogen) atoms. The van der Waals surface area contributed by atoms with Crippen molar-refractivity contribution in [2.45, 2.75) is 19.6 Å². The number of rotatable bonds is 3. The fourth-order valence-corrected chi connectivity index (χ4v) is 1.22. The van der Waals surface area contributed by atoms with E-state index in [0.717, 1.165) is 12.1 Å². The summed E-state index contributed by atoms with van der Waals surface area (Å²) in [4.78, 5) is 0. The Bertz CT molecular complexity index is 399. The zero-order valence-electron chi connectivity index (χ0n) is 8.86. The lowest BCUT2D eigenvalue weighted by Crippen LogP contribution is -2.14. The van der Waals surface area contributed by atoms with Crippen LogP contribution in [0.25, 0.3) is 0 Å². The van der Waals surface area contributed by atoms with Crippen molar-refractivity contribution >= 4 is 0 Å². The molecule has 0 saturated heterocycles. The van der Waals surface area contributed by atoms with Crippen molar-refractivity contribution < 1.29 is 13.2 Å². The van der Waals surface area contributed by atoms with Gasteiger partial charge in [0.25, 0.3) is 0 Å². The normalized spacial score (nSPS) is 10.8. The maximum Gasteiger partial charge on any atom is 0.416 e. The first-order valence-electron chi connectivity index (χ1n) is 4.80. The highest BCUT2D eigenvalue weighted by Gasteiger charge is 2.30. The van der Waals surface area contributed by atoms with E-state index in [1.54, 1.807) is 13.0 Å². The van der Waals surface area contributed by atoms with Gasteiger partial charge in [-0.3, -0.25) is 0 Å². The van der Waals surface area contributed by atoms with Crippen molar-refractivity contribution in [3.8, 4) is 11.8 Å². The highest BCUT2D eigenvalue weighted by atomic mass is 19.4. The zero-order valence-corrected chi connectivity index (χ0v) is 8.86. The van der Waals surface area contributed by atoms with Crippen molar-refractivity contribution in [1.82, 2.24) is 5.32 Å². The average molecular weight is 227 g/mol.